The topological polar surface area (TPSA) is 86.2 Å². The molecule has 1 heterocycles. The normalized spacial score (nSPS) is 19.0. The molecule has 2 N–H and O–H groups in total. The second kappa shape index (κ2) is 5.10. The minimum atomic E-state index is -3.24. The summed E-state index contributed by atoms with van der Waals surface area (Å²) >= 11 is 0. The van der Waals surface area contributed by atoms with Gasteiger partial charge < -0.3 is 10.2 Å². The van der Waals surface area contributed by atoms with Crippen LogP contribution >= 0.6 is 0 Å². The zero-order valence-corrected chi connectivity index (χ0v) is 12.9. The van der Waals surface area contributed by atoms with Crippen LogP contribution in [-0.2, 0) is 15.3 Å². The Kier molecular flexibility index (Phi) is 3.53. The number of oxazole rings is 1. The maximum Gasteiger partial charge on any atom is 0.202 e. The van der Waals surface area contributed by atoms with Crippen molar-refractivity contribution in [3.05, 3.63) is 24.1 Å². The van der Waals surface area contributed by atoms with E-state index in [0.717, 1.165) is 25.7 Å². The van der Waals surface area contributed by atoms with E-state index in [-0.39, 0.29) is 10.3 Å². The Labute approximate surface area is 124 Å². The lowest BCUT2D eigenvalue weighted by molar-refractivity contribution is 0.247. The molecule has 0 aliphatic heterocycles. The molecular formula is C15H20N2O3S. The SMILES string of the molecule is CS(=O)(=O)c1ccc2oc(C3(CN)CCCCC3)nc2c1. The molecule has 21 heavy (non-hydrogen) atoms. The molecule has 3 rings (SSSR count). The number of hydrogen-bond donors (Lipinski definition) is 1. The Morgan fingerprint density at radius 1 is 1.29 bits per heavy atom. The number of nitrogens with zero attached hydrogens (tertiary/aromatic N) is 1. The van der Waals surface area contributed by atoms with Crippen LogP contribution in [0.1, 0.15) is 38.0 Å². The standard InChI is InChI=1S/C15H20N2O3S/c1-21(18,19)11-5-6-13-12(9-11)17-14(20-13)15(10-16)7-3-2-4-8-15/h5-6,9H,2-4,7-8,10,16H2,1H3. The number of rotatable bonds is 3. The molecule has 6 heteroatoms. The predicted molar refractivity (Wildman–Crippen MR) is 80.9 cm³/mol. The molecule has 0 atom stereocenters. The number of sulfone groups is 1. The summed E-state index contributed by atoms with van der Waals surface area (Å²) in [5.41, 5.74) is 7.01. The van der Waals surface area contributed by atoms with Crippen LogP contribution < -0.4 is 5.73 Å². The minimum Gasteiger partial charge on any atom is -0.440 e. The van der Waals surface area contributed by atoms with Crippen LogP contribution in [0.15, 0.2) is 27.5 Å². The molecule has 1 aromatic heterocycles. The zero-order chi connectivity index (χ0) is 15.1. The second-order valence-electron chi connectivity index (χ2n) is 5.97. The summed E-state index contributed by atoms with van der Waals surface area (Å²) < 4.78 is 29.1. The first-order valence-corrected chi connectivity index (χ1v) is 9.15. The largest absolute Gasteiger partial charge is 0.440 e. The van der Waals surface area contributed by atoms with Crippen molar-refractivity contribution in [1.82, 2.24) is 4.98 Å². The monoisotopic (exact) mass is 308 g/mol. The fraction of sp³-hybridized carbons (Fsp3) is 0.533. The number of hydrogen-bond acceptors (Lipinski definition) is 5. The summed E-state index contributed by atoms with van der Waals surface area (Å²) in [6, 6.07) is 4.81. The van der Waals surface area contributed by atoms with E-state index in [1.807, 2.05) is 0 Å². The maximum atomic E-state index is 11.6. The van der Waals surface area contributed by atoms with Gasteiger partial charge in [-0.05, 0) is 31.0 Å². The van der Waals surface area contributed by atoms with Crippen molar-refractivity contribution in [2.75, 3.05) is 12.8 Å². The Hall–Kier alpha value is -1.40. The van der Waals surface area contributed by atoms with E-state index >= 15 is 0 Å². The van der Waals surface area contributed by atoms with Gasteiger partial charge in [0.2, 0.25) is 5.89 Å². The Balaban J connectivity index is 2.08. The van der Waals surface area contributed by atoms with Crippen LogP contribution in [0.3, 0.4) is 0 Å². The van der Waals surface area contributed by atoms with E-state index < -0.39 is 9.84 Å². The predicted octanol–water partition coefficient (Wildman–Crippen LogP) is 2.39. The molecule has 1 aliphatic rings. The molecule has 0 unspecified atom stereocenters. The molecule has 1 fully saturated rings. The summed E-state index contributed by atoms with van der Waals surface area (Å²) in [6.07, 6.45) is 6.64. The zero-order valence-electron chi connectivity index (χ0n) is 12.1. The lowest BCUT2D eigenvalue weighted by Crippen LogP contribution is -2.37. The number of aromatic nitrogens is 1. The van der Waals surface area contributed by atoms with E-state index in [1.54, 1.807) is 18.2 Å². The minimum absolute atomic E-state index is 0.192. The van der Waals surface area contributed by atoms with E-state index in [0.29, 0.717) is 23.5 Å². The molecule has 5 nitrogen and oxygen atoms in total. The first-order chi connectivity index (χ1) is 9.94. The van der Waals surface area contributed by atoms with Gasteiger partial charge in [0, 0.05) is 12.8 Å². The summed E-state index contributed by atoms with van der Waals surface area (Å²) in [5, 5.41) is 0. The van der Waals surface area contributed by atoms with Gasteiger partial charge in [0.15, 0.2) is 15.4 Å². The quantitative estimate of drug-likeness (QED) is 0.941. The summed E-state index contributed by atoms with van der Waals surface area (Å²) in [7, 11) is -3.24. The fourth-order valence-electron chi connectivity index (χ4n) is 3.10. The van der Waals surface area contributed by atoms with E-state index in [9.17, 15) is 8.42 Å². The Bertz CT molecular complexity index is 758. The van der Waals surface area contributed by atoms with E-state index in [2.05, 4.69) is 4.98 Å². The van der Waals surface area contributed by atoms with E-state index in [1.165, 1.54) is 12.7 Å². The second-order valence-corrected chi connectivity index (χ2v) is 7.98. The van der Waals surface area contributed by atoms with Crippen LogP contribution in [0.2, 0.25) is 0 Å². The van der Waals surface area contributed by atoms with Crippen LogP contribution in [0.25, 0.3) is 11.1 Å². The van der Waals surface area contributed by atoms with Crippen molar-refractivity contribution < 1.29 is 12.8 Å². The molecule has 0 saturated heterocycles. The molecule has 0 bridgehead atoms. The van der Waals surface area contributed by atoms with Gasteiger partial charge in [-0.2, -0.15) is 0 Å². The highest BCUT2D eigenvalue weighted by atomic mass is 32.2. The van der Waals surface area contributed by atoms with Gasteiger partial charge in [-0.3, -0.25) is 0 Å². The van der Waals surface area contributed by atoms with Crippen molar-refractivity contribution >= 4 is 20.9 Å². The molecule has 1 aliphatic carbocycles. The molecule has 1 saturated carbocycles. The van der Waals surface area contributed by atoms with E-state index in [4.69, 9.17) is 10.2 Å². The lowest BCUT2D eigenvalue weighted by Gasteiger charge is -2.32. The maximum absolute atomic E-state index is 11.6. The van der Waals surface area contributed by atoms with Crippen molar-refractivity contribution in [3.8, 4) is 0 Å². The van der Waals surface area contributed by atoms with Gasteiger partial charge in [0.05, 0.1) is 10.3 Å². The van der Waals surface area contributed by atoms with Gasteiger partial charge in [0.1, 0.15) is 5.52 Å². The van der Waals surface area contributed by atoms with Crippen LogP contribution in [-0.4, -0.2) is 26.2 Å². The summed E-state index contributed by atoms with van der Waals surface area (Å²) in [4.78, 5) is 4.81. The van der Waals surface area contributed by atoms with Crippen LogP contribution in [0, 0.1) is 0 Å². The molecule has 1 aromatic carbocycles. The van der Waals surface area contributed by atoms with Gasteiger partial charge in [-0.15, -0.1) is 0 Å². The van der Waals surface area contributed by atoms with Crippen LogP contribution in [0.4, 0.5) is 0 Å². The molecule has 0 amide bonds. The van der Waals surface area contributed by atoms with Crippen LogP contribution in [0.5, 0.6) is 0 Å². The van der Waals surface area contributed by atoms with Gasteiger partial charge in [0.25, 0.3) is 0 Å². The molecular weight excluding hydrogens is 288 g/mol. The third kappa shape index (κ3) is 2.58. The highest BCUT2D eigenvalue weighted by molar-refractivity contribution is 7.90. The first kappa shape index (κ1) is 14.5. The number of fused-ring (bicyclic) bond motifs is 1. The number of nitrogens with two attached hydrogens (primary N) is 1. The fourth-order valence-corrected chi connectivity index (χ4v) is 3.74. The highest BCUT2D eigenvalue weighted by Gasteiger charge is 2.37. The van der Waals surface area contributed by atoms with Crippen molar-refractivity contribution in [1.29, 1.82) is 0 Å². The van der Waals surface area contributed by atoms with Gasteiger partial charge in [-0.1, -0.05) is 19.3 Å². The van der Waals surface area contributed by atoms with Crippen molar-refractivity contribution in [2.45, 2.75) is 42.4 Å². The average Bonchev–Trinajstić information content (AvgIpc) is 2.90. The third-order valence-electron chi connectivity index (χ3n) is 4.44. The van der Waals surface area contributed by atoms with Crippen molar-refractivity contribution in [3.63, 3.8) is 0 Å². The smallest absolute Gasteiger partial charge is 0.202 e. The average molecular weight is 308 g/mol. The third-order valence-corrected chi connectivity index (χ3v) is 5.55. The molecule has 0 spiro atoms. The first-order valence-electron chi connectivity index (χ1n) is 7.26. The van der Waals surface area contributed by atoms with Gasteiger partial charge >= 0.3 is 0 Å². The highest BCUT2D eigenvalue weighted by Crippen LogP contribution is 2.39. The van der Waals surface area contributed by atoms with Crippen molar-refractivity contribution in [2.24, 2.45) is 5.73 Å². The summed E-state index contributed by atoms with van der Waals surface area (Å²) in [5.74, 6) is 0.658. The molecule has 0 radical (unpaired) electrons. The molecule has 2 aromatic rings. The Morgan fingerprint density at radius 3 is 2.62 bits per heavy atom. The lowest BCUT2D eigenvalue weighted by atomic mass is 9.74. The summed E-state index contributed by atoms with van der Waals surface area (Å²) in [6.45, 7) is 0.513. The number of benzene rings is 1. The molecule has 114 valence electrons. The Morgan fingerprint density at radius 2 is 2.00 bits per heavy atom. The van der Waals surface area contributed by atoms with Gasteiger partial charge in [-0.25, -0.2) is 13.4 Å².